The van der Waals surface area contributed by atoms with Gasteiger partial charge in [0.25, 0.3) is 0 Å². The van der Waals surface area contributed by atoms with Crippen molar-refractivity contribution in [1.82, 2.24) is 5.43 Å². The van der Waals surface area contributed by atoms with E-state index >= 15 is 0 Å². The molecule has 2 aromatic carbocycles. The number of phenolic OH excluding ortho intramolecular Hbond substituents is 1. The number of hydrazone groups is 1. The van der Waals surface area contributed by atoms with Gasteiger partial charge in [-0.3, -0.25) is 4.79 Å². The van der Waals surface area contributed by atoms with Gasteiger partial charge in [0.05, 0.1) is 10.6 Å². The first-order valence-corrected chi connectivity index (χ1v) is 10.0. The molecule has 0 aliphatic heterocycles. The van der Waals surface area contributed by atoms with Crippen molar-refractivity contribution < 1.29 is 22.7 Å². The Balaban J connectivity index is 1.67. The van der Waals surface area contributed by atoms with Crippen molar-refractivity contribution in [1.29, 1.82) is 0 Å². The van der Waals surface area contributed by atoms with Crippen molar-refractivity contribution in [3.05, 3.63) is 83.8 Å². The molecule has 0 atom stereocenters. The molecule has 0 saturated heterocycles. The molecule has 28 heavy (non-hydrogen) atoms. The van der Waals surface area contributed by atoms with E-state index in [1.165, 1.54) is 36.4 Å². The number of hydrogen-bond acceptors (Lipinski definition) is 6. The summed E-state index contributed by atoms with van der Waals surface area (Å²) in [6.45, 7) is 1.70. The van der Waals surface area contributed by atoms with Gasteiger partial charge in [-0.1, -0.05) is 18.2 Å². The van der Waals surface area contributed by atoms with E-state index in [0.29, 0.717) is 5.71 Å². The zero-order valence-electron chi connectivity index (χ0n) is 15.0. The normalized spacial score (nSPS) is 12.0. The maximum absolute atomic E-state index is 12.4. The molecule has 0 fully saturated rings. The zero-order chi connectivity index (χ0) is 20.1. The molecule has 1 aromatic heterocycles. The molecule has 0 radical (unpaired) electrons. The molecule has 0 unspecified atom stereocenters. The van der Waals surface area contributed by atoms with Crippen LogP contribution in [0.1, 0.15) is 28.8 Å². The minimum absolute atomic E-state index is 0.0412. The number of rotatable bonds is 6. The second kappa shape index (κ2) is 8.10. The highest BCUT2D eigenvalue weighted by atomic mass is 32.2. The number of amides is 1. The fourth-order valence-corrected chi connectivity index (χ4v) is 3.70. The third-order valence-electron chi connectivity index (χ3n) is 3.93. The number of benzene rings is 2. The Morgan fingerprint density at radius 1 is 1.04 bits per heavy atom. The smallest absolute Gasteiger partial charge is 0.307 e. The fourth-order valence-electron chi connectivity index (χ4n) is 2.43. The van der Waals surface area contributed by atoms with Crippen LogP contribution >= 0.6 is 0 Å². The molecule has 0 saturated carbocycles. The van der Waals surface area contributed by atoms with Crippen LogP contribution < -0.4 is 5.43 Å². The number of hydrogen-bond donors (Lipinski definition) is 2. The van der Waals surface area contributed by atoms with Gasteiger partial charge in [0, 0.05) is 0 Å². The highest BCUT2D eigenvalue weighted by Gasteiger charge is 2.19. The molecule has 1 amide bonds. The van der Waals surface area contributed by atoms with E-state index in [4.69, 9.17) is 4.42 Å². The maximum Gasteiger partial charge on any atom is 0.307 e. The third-order valence-corrected chi connectivity index (χ3v) is 5.59. The van der Waals surface area contributed by atoms with Crippen molar-refractivity contribution in [3.63, 3.8) is 0 Å². The minimum Gasteiger partial charge on any atom is -0.508 e. The number of phenols is 1. The fraction of sp³-hybridized carbons (Fsp3) is 0.100. The lowest BCUT2D eigenvalue weighted by atomic mass is 10.1. The van der Waals surface area contributed by atoms with Crippen LogP contribution in [0.25, 0.3) is 0 Å². The number of sulfone groups is 1. The molecule has 8 heteroatoms. The monoisotopic (exact) mass is 398 g/mol. The number of nitrogens with one attached hydrogen (secondary N) is 1. The van der Waals surface area contributed by atoms with Crippen LogP contribution in [0.4, 0.5) is 0 Å². The predicted octanol–water partition coefficient (Wildman–Crippen LogP) is 3.11. The van der Waals surface area contributed by atoms with E-state index < -0.39 is 15.7 Å². The molecular weight excluding hydrogens is 380 g/mol. The minimum atomic E-state index is -3.56. The van der Waals surface area contributed by atoms with Gasteiger partial charge in [0.1, 0.15) is 17.3 Å². The predicted molar refractivity (Wildman–Crippen MR) is 104 cm³/mol. The van der Waals surface area contributed by atoms with E-state index in [2.05, 4.69) is 10.5 Å². The molecule has 0 aliphatic rings. The molecule has 3 rings (SSSR count). The molecule has 0 bridgehead atoms. The molecule has 0 spiro atoms. The largest absolute Gasteiger partial charge is 0.508 e. The maximum atomic E-state index is 12.4. The standard InChI is InChI=1S/C20H18N2O5S/c1-14(15-7-9-16(23)10-8-15)21-22-20(24)19-12-11-17(27-19)13-28(25,26)18-5-3-2-4-6-18/h2-12,23H,13H2,1H3,(H,22,24)/b21-14+. The molecule has 1 heterocycles. The highest BCUT2D eigenvalue weighted by Crippen LogP contribution is 2.18. The summed E-state index contributed by atoms with van der Waals surface area (Å²) in [6.07, 6.45) is 0. The van der Waals surface area contributed by atoms with Gasteiger partial charge in [-0.25, -0.2) is 13.8 Å². The number of carbonyl (C=O) groups excluding carboxylic acids is 1. The van der Waals surface area contributed by atoms with Gasteiger partial charge < -0.3 is 9.52 Å². The Hall–Kier alpha value is -3.39. The average molecular weight is 398 g/mol. The first kappa shape index (κ1) is 19.4. The number of carbonyl (C=O) groups is 1. The van der Waals surface area contributed by atoms with Gasteiger partial charge in [0.15, 0.2) is 15.6 Å². The molecular formula is C20H18N2O5S. The summed E-state index contributed by atoms with van der Waals surface area (Å²) in [6, 6.07) is 17.2. The van der Waals surface area contributed by atoms with Gasteiger partial charge >= 0.3 is 5.91 Å². The number of furan rings is 1. The SMILES string of the molecule is C/C(=N\NC(=O)c1ccc(CS(=O)(=O)c2ccccc2)o1)c1ccc(O)cc1. The van der Waals surface area contributed by atoms with E-state index in [1.54, 1.807) is 37.3 Å². The Morgan fingerprint density at radius 3 is 2.39 bits per heavy atom. The van der Waals surface area contributed by atoms with Crippen LogP contribution in [0.15, 0.2) is 81.1 Å². The van der Waals surface area contributed by atoms with Crippen molar-refractivity contribution in [3.8, 4) is 5.75 Å². The second-order valence-electron chi connectivity index (χ2n) is 6.02. The number of nitrogens with zero attached hydrogens (tertiary/aromatic N) is 1. The number of aromatic hydroxyl groups is 1. The first-order chi connectivity index (χ1) is 13.3. The molecule has 3 aromatic rings. The summed E-state index contributed by atoms with van der Waals surface area (Å²) >= 11 is 0. The van der Waals surface area contributed by atoms with Gasteiger partial charge in [-0.2, -0.15) is 5.10 Å². The van der Waals surface area contributed by atoms with E-state index in [1.807, 2.05) is 0 Å². The average Bonchev–Trinajstić information content (AvgIpc) is 3.15. The summed E-state index contributed by atoms with van der Waals surface area (Å²) < 4.78 is 30.1. The van der Waals surface area contributed by atoms with Crippen LogP contribution in [0.3, 0.4) is 0 Å². The van der Waals surface area contributed by atoms with Crippen molar-refractivity contribution in [2.75, 3.05) is 0 Å². The summed E-state index contributed by atoms with van der Waals surface area (Å²) in [5, 5.41) is 13.3. The lowest BCUT2D eigenvalue weighted by molar-refractivity contribution is 0.0925. The highest BCUT2D eigenvalue weighted by molar-refractivity contribution is 7.90. The van der Waals surface area contributed by atoms with Crippen LogP contribution in [-0.2, 0) is 15.6 Å². The Labute approximate surface area is 162 Å². The van der Waals surface area contributed by atoms with Gasteiger partial charge in [-0.05, 0) is 61.0 Å². The Morgan fingerprint density at radius 2 is 1.71 bits per heavy atom. The molecule has 0 aliphatic carbocycles. The molecule has 144 valence electrons. The lowest BCUT2D eigenvalue weighted by Gasteiger charge is -2.03. The van der Waals surface area contributed by atoms with Gasteiger partial charge in [0.2, 0.25) is 0 Å². The van der Waals surface area contributed by atoms with Crippen LogP contribution in [-0.4, -0.2) is 25.1 Å². The summed E-state index contributed by atoms with van der Waals surface area (Å²) in [4.78, 5) is 12.4. The Kier molecular flexibility index (Phi) is 5.60. The summed E-state index contributed by atoms with van der Waals surface area (Å²) in [7, 11) is -3.56. The third kappa shape index (κ3) is 4.66. The molecule has 7 nitrogen and oxygen atoms in total. The van der Waals surface area contributed by atoms with Gasteiger partial charge in [-0.15, -0.1) is 0 Å². The van der Waals surface area contributed by atoms with Crippen LogP contribution in [0.5, 0.6) is 5.75 Å². The van der Waals surface area contributed by atoms with Crippen molar-refractivity contribution in [2.45, 2.75) is 17.6 Å². The van der Waals surface area contributed by atoms with E-state index in [-0.39, 0.29) is 27.9 Å². The van der Waals surface area contributed by atoms with Crippen LogP contribution in [0, 0.1) is 0 Å². The second-order valence-corrected chi connectivity index (χ2v) is 8.01. The summed E-state index contributed by atoms with van der Waals surface area (Å²) in [5.74, 6) is -0.690. The van der Waals surface area contributed by atoms with E-state index in [9.17, 15) is 18.3 Å². The Bertz CT molecular complexity index is 1100. The van der Waals surface area contributed by atoms with E-state index in [0.717, 1.165) is 5.56 Å². The topological polar surface area (TPSA) is 109 Å². The lowest BCUT2D eigenvalue weighted by Crippen LogP contribution is -2.18. The van der Waals surface area contributed by atoms with Crippen molar-refractivity contribution >= 4 is 21.5 Å². The quantitative estimate of drug-likeness (QED) is 0.490. The van der Waals surface area contributed by atoms with Crippen molar-refractivity contribution in [2.24, 2.45) is 5.10 Å². The first-order valence-electron chi connectivity index (χ1n) is 8.36. The molecule has 2 N–H and O–H groups in total. The summed E-state index contributed by atoms with van der Waals surface area (Å²) in [5.41, 5.74) is 3.63. The van der Waals surface area contributed by atoms with Crippen LogP contribution in [0.2, 0.25) is 0 Å². The zero-order valence-corrected chi connectivity index (χ0v) is 15.8.